The minimum atomic E-state index is 0.279. The SMILES string of the molecule is CCC(CO)N1CCN(CCOCC2CCCO2)CC1. The molecule has 0 spiro atoms. The summed E-state index contributed by atoms with van der Waals surface area (Å²) in [6.45, 7) is 10.2. The van der Waals surface area contributed by atoms with Gasteiger partial charge >= 0.3 is 0 Å². The van der Waals surface area contributed by atoms with Gasteiger partial charge in [0.2, 0.25) is 0 Å². The molecule has 5 heteroatoms. The number of hydrogen-bond acceptors (Lipinski definition) is 5. The fourth-order valence-electron chi connectivity index (χ4n) is 3.04. The third kappa shape index (κ3) is 4.97. The zero-order chi connectivity index (χ0) is 14.2. The Hall–Kier alpha value is -0.200. The molecule has 5 nitrogen and oxygen atoms in total. The van der Waals surface area contributed by atoms with Crippen LogP contribution in [0.25, 0.3) is 0 Å². The number of aliphatic hydroxyl groups is 1. The standard InChI is InChI=1S/C15H30N2O3/c1-2-14(12-18)17-7-5-16(6-8-17)9-11-19-13-15-4-3-10-20-15/h14-15,18H,2-13H2,1H3. The van der Waals surface area contributed by atoms with Crippen LogP contribution in [0.5, 0.6) is 0 Å². The molecular weight excluding hydrogens is 256 g/mol. The van der Waals surface area contributed by atoms with Gasteiger partial charge in [-0.3, -0.25) is 9.80 Å². The first kappa shape index (κ1) is 16.2. The second-order valence-corrected chi connectivity index (χ2v) is 5.83. The van der Waals surface area contributed by atoms with Gasteiger partial charge in [-0.2, -0.15) is 0 Å². The number of ether oxygens (including phenoxy) is 2. The van der Waals surface area contributed by atoms with Crippen molar-refractivity contribution in [3.8, 4) is 0 Å². The molecule has 20 heavy (non-hydrogen) atoms. The van der Waals surface area contributed by atoms with Crippen molar-refractivity contribution in [2.45, 2.75) is 38.3 Å². The van der Waals surface area contributed by atoms with Gasteiger partial charge in [-0.15, -0.1) is 0 Å². The summed E-state index contributed by atoms with van der Waals surface area (Å²) >= 11 is 0. The summed E-state index contributed by atoms with van der Waals surface area (Å²) in [6, 6.07) is 0.341. The Morgan fingerprint density at radius 2 is 2.10 bits per heavy atom. The molecule has 0 aromatic heterocycles. The summed E-state index contributed by atoms with van der Waals surface area (Å²) < 4.78 is 11.3. The van der Waals surface area contributed by atoms with Gasteiger partial charge < -0.3 is 14.6 Å². The average Bonchev–Trinajstić information content (AvgIpc) is 3.00. The van der Waals surface area contributed by atoms with Gasteiger partial charge in [0.1, 0.15) is 0 Å². The average molecular weight is 286 g/mol. The van der Waals surface area contributed by atoms with Crippen molar-refractivity contribution in [1.29, 1.82) is 0 Å². The normalized spacial score (nSPS) is 27.0. The quantitative estimate of drug-likeness (QED) is 0.661. The Bertz CT molecular complexity index is 248. The zero-order valence-corrected chi connectivity index (χ0v) is 12.8. The van der Waals surface area contributed by atoms with E-state index in [4.69, 9.17) is 9.47 Å². The van der Waals surface area contributed by atoms with E-state index in [-0.39, 0.29) is 6.61 Å². The lowest BCUT2D eigenvalue weighted by atomic mass is 10.1. The molecule has 2 aliphatic rings. The predicted molar refractivity (Wildman–Crippen MR) is 79.0 cm³/mol. The molecule has 2 saturated heterocycles. The van der Waals surface area contributed by atoms with E-state index in [2.05, 4.69) is 16.7 Å². The molecule has 2 fully saturated rings. The maximum absolute atomic E-state index is 9.33. The zero-order valence-electron chi connectivity index (χ0n) is 12.8. The number of hydrogen-bond donors (Lipinski definition) is 1. The molecule has 2 atom stereocenters. The second kappa shape index (κ2) is 8.95. The Morgan fingerprint density at radius 3 is 2.70 bits per heavy atom. The van der Waals surface area contributed by atoms with Crippen LogP contribution in [0.1, 0.15) is 26.2 Å². The van der Waals surface area contributed by atoms with E-state index in [0.29, 0.717) is 12.1 Å². The van der Waals surface area contributed by atoms with E-state index >= 15 is 0 Å². The molecule has 0 aliphatic carbocycles. The topological polar surface area (TPSA) is 45.2 Å². The van der Waals surface area contributed by atoms with Crippen LogP contribution < -0.4 is 0 Å². The summed E-state index contributed by atoms with van der Waals surface area (Å²) in [4.78, 5) is 4.86. The molecule has 0 saturated carbocycles. The largest absolute Gasteiger partial charge is 0.395 e. The summed E-state index contributed by atoms with van der Waals surface area (Å²) in [6.07, 6.45) is 3.69. The predicted octanol–water partition coefficient (Wildman–Crippen LogP) is 0.571. The Kier molecular flexibility index (Phi) is 7.24. The highest BCUT2D eigenvalue weighted by atomic mass is 16.5. The first-order valence-electron chi connectivity index (χ1n) is 8.10. The van der Waals surface area contributed by atoms with Crippen LogP contribution in [-0.4, -0.2) is 86.2 Å². The molecule has 0 radical (unpaired) electrons. The van der Waals surface area contributed by atoms with Crippen molar-refractivity contribution >= 4 is 0 Å². The van der Waals surface area contributed by atoms with Gasteiger partial charge in [-0.1, -0.05) is 6.92 Å². The van der Waals surface area contributed by atoms with Gasteiger partial charge in [0.05, 0.1) is 25.9 Å². The molecule has 2 rings (SSSR count). The van der Waals surface area contributed by atoms with Crippen LogP contribution in [0.2, 0.25) is 0 Å². The summed E-state index contributed by atoms with van der Waals surface area (Å²) in [5, 5.41) is 9.33. The highest BCUT2D eigenvalue weighted by Crippen LogP contribution is 2.12. The third-order valence-corrected chi connectivity index (χ3v) is 4.48. The molecule has 118 valence electrons. The van der Waals surface area contributed by atoms with Gasteiger partial charge in [-0.05, 0) is 19.3 Å². The van der Waals surface area contributed by atoms with Crippen LogP contribution in [0, 0.1) is 0 Å². The van der Waals surface area contributed by atoms with Crippen LogP contribution in [-0.2, 0) is 9.47 Å². The Balaban J connectivity index is 1.53. The maximum Gasteiger partial charge on any atom is 0.0809 e. The first-order chi connectivity index (χ1) is 9.83. The third-order valence-electron chi connectivity index (χ3n) is 4.48. The summed E-state index contributed by atoms with van der Waals surface area (Å²) in [5.74, 6) is 0. The maximum atomic E-state index is 9.33. The summed E-state index contributed by atoms with van der Waals surface area (Å²) in [5.41, 5.74) is 0. The minimum Gasteiger partial charge on any atom is -0.395 e. The molecule has 2 aliphatic heterocycles. The number of piperazine rings is 1. The number of nitrogens with zero attached hydrogens (tertiary/aromatic N) is 2. The van der Waals surface area contributed by atoms with Crippen LogP contribution in [0.4, 0.5) is 0 Å². The second-order valence-electron chi connectivity index (χ2n) is 5.83. The lowest BCUT2D eigenvalue weighted by Crippen LogP contribution is -2.51. The monoisotopic (exact) mass is 286 g/mol. The molecule has 2 unspecified atom stereocenters. The minimum absolute atomic E-state index is 0.279. The van der Waals surface area contributed by atoms with Crippen molar-refractivity contribution in [2.75, 3.05) is 59.2 Å². The van der Waals surface area contributed by atoms with Crippen molar-refractivity contribution in [3.63, 3.8) is 0 Å². The van der Waals surface area contributed by atoms with E-state index in [9.17, 15) is 5.11 Å². The van der Waals surface area contributed by atoms with Gasteiger partial charge in [0.15, 0.2) is 0 Å². The molecular formula is C15H30N2O3. The van der Waals surface area contributed by atoms with Gasteiger partial charge in [0.25, 0.3) is 0 Å². The molecule has 0 bridgehead atoms. The van der Waals surface area contributed by atoms with E-state index in [1.807, 2.05) is 0 Å². The van der Waals surface area contributed by atoms with Crippen molar-refractivity contribution in [3.05, 3.63) is 0 Å². The lowest BCUT2D eigenvalue weighted by Gasteiger charge is -2.38. The number of rotatable bonds is 8. The van der Waals surface area contributed by atoms with E-state index < -0.39 is 0 Å². The molecule has 0 amide bonds. The van der Waals surface area contributed by atoms with E-state index in [1.165, 1.54) is 6.42 Å². The van der Waals surface area contributed by atoms with E-state index in [1.54, 1.807) is 0 Å². The van der Waals surface area contributed by atoms with Crippen LogP contribution in [0.15, 0.2) is 0 Å². The van der Waals surface area contributed by atoms with Crippen molar-refractivity contribution in [1.82, 2.24) is 9.80 Å². The van der Waals surface area contributed by atoms with Crippen molar-refractivity contribution < 1.29 is 14.6 Å². The van der Waals surface area contributed by atoms with Crippen LogP contribution >= 0.6 is 0 Å². The van der Waals surface area contributed by atoms with E-state index in [0.717, 1.165) is 65.4 Å². The van der Waals surface area contributed by atoms with Gasteiger partial charge in [-0.25, -0.2) is 0 Å². The fraction of sp³-hybridized carbons (Fsp3) is 1.00. The summed E-state index contributed by atoms with van der Waals surface area (Å²) in [7, 11) is 0. The van der Waals surface area contributed by atoms with Crippen molar-refractivity contribution in [2.24, 2.45) is 0 Å². The smallest absolute Gasteiger partial charge is 0.0809 e. The lowest BCUT2D eigenvalue weighted by molar-refractivity contribution is 0.00251. The highest BCUT2D eigenvalue weighted by molar-refractivity contribution is 4.77. The molecule has 0 aromatic carbocycles. The molecule has 2 heterocycles. The van der Waals surface area contributed by atoms with Crippen LogP contribution in [0.3, 0.4) is 0 Å². The van der Waals surface area contributed by atoms with Gasteiger partial charge in [0, 0.05) is 45.4 Å². The Labute approximate surface area is 122 Å². The number of aliphatic hydroxyl groups excluding tert-OH is 1. The fourth-order valence-corrected chi connectivity index (χ4v) is 3.04. The Morgan fingerprint density at radius 1 is 1.30 bits per heavy atom. The first-order valence-corrected chi connectivity index (χ1v) is 8.10. The highest BCUT2D eigenvalue weighted by Gasteiger charge is 2.22. The molecule has 0 aromatic rings. The molecule has 1 N–H and O–H groups in total.